The molecule has 0 saturated carbocycles. The summed E-state index contributed by atoms with van der Waals surface area (Å²) in [6.45, 7) is -0.453. The number of H-pyrrole nitrogens is 2. The van der Waals surface area contributed by atoms with Crippen molar-refractivity contribution in [3.63, 3.8) is 0 Å². The normalized spacial score (nSPS) is 10.9. The second kappa shape index (κ2) is 7.20. The molecule has 23 heavy (non-hydrogen) atoms. The number of aromatic nitrogens is 2. The summed E-state index contributed by atoms with van der Waals surface area (Å²) in [5, 5.41) is 16.4. The Kier molecular flexibility index (Phi) is 5.29. The first-order chi connectivity index (χ1) is 10.9. The Labute approximate surface area is 141 Å². The minimum atomic E-state index is -0.982. The van der Waals surface area contributed by atoms with E-state index in [1.54, 1.807) is 18.2 Å². The van der Waals surface area contributed by atoms with Gasteiger partial charge in [0, 0.05) is 5.02 Å². The highest BCUT2D eigenvalue weighted by atomic mass is 79.9. The molecule has 0 aliphatic rings. The van der Waals surface area contributed by atoms with Crippen molar-refractivity contribution in [1.29, 1.82) is 0 Å². The molecule has 0 aliphatic heterocycles. The third-order valence-electron chi connectivity index (χ3n) is 2.40. The lowest BCUT2D eigenvalue weighted by Gasteiger charge is -2.05. The molecule has 1 amide bonds. The molecule has 2 rings (SSSR count). The lowest BCUT2D eigenvalue weighted by Crippen LogP contribution is -2.21. The number of azo groups is 1. The van der Waals surface area contributed by atoms with E-state index < -0.39 is 35.3 Å². The summed E-state index contributed by atoms with van der Waals surface area (Å²) in [5.74, 6) is -1.24. The number of nitrogens with zero attached hydrogens (tertiary/aromatic N) is 2. The molecule has 0 atom stereocenters. The molecule has 1 aromatic heterocycles. The van der Waals surface area contributed by atoms with Gasteiger partial charge in [0.1, 0.15) is 5.75 Å². The Balaban J connectivity index is 2.05. The summed E-state index contributed by atoms with van der Waals surface area (Å²) in [6.07, 6.45) is 0. The van der Waals surface area contributed by atoms with Crippen molar-refractivity contribution in [2.45, 2.75) is 0 Å². The summed E-state index contributed by atoms with van der Waals surface area (Å²) < 4.78 is 5.75. The Morgan fingerprint density at radius 1 is 1.35 bits per heavy atom. The highest BCUT2D eigenvalue weighted by Crippen LogP contribution is 2.27. The van der Waals surface area contributed by atoms with Crippen LogP contribution >= 0.6 is 27.5 Å². The second-order valence-corrected chi connectivity index (χ2v) is 5.35. The van der Waals surface area contributed by atoms with E-state index in [9.17, 15) is 19.5 Å². The van der Waals surface area contributed by atoms with Gasteiger partial charge in [-0.3, -0.25) is 19.6 Å². The van der Waals surface area contributed by atoms with Crippen LogP contribution in [0.3, 0.4) is 0 Å². The van der Waals surface area contributed by atoms with Crippen molar-refractivity contribution in [3.8, 4) is 11.6 Å². The standard InChI is InChI=1S/C12H8BrClN4O5/c13-6-3-5(14)1-2-7(6)23-4-8(19)17-18-9-10(20)15-12(22)16-11(9)21/h1-3H,4H2,(H3,15,16,20,21,22). The highest BCUT2D eigenvalue weighted by molar-refractivity contribution is 9.10. The summed E-state index contributed by atoms with van der Waals surface area (Å²) in [5.41, 5.74) is -2.48. The van der Waals surface area contributed by atoms with Gasteiger partial charge in [-0.2, -0.15) is 0 Å². The van der Waals surface area contributed by atoms with Gasteiger partial charge in [-0.15, -0.1) is 10.2 Å². The van der Waals surface area contributed by atoms with Crippen LogP contribution in [0.5, 0.6) is 11.6 Å². The molecule has 0 unspecified atom stereocenters. The first-order valence-electron chi connectivity index (χ1n) is 5.95. The van der Waals surface area contributed by atoms with Crippen LogP contribution in [0.2, 0.25) is 5.02 Å². The number of halogens is 2. The molecule has 0 spiro atoms. The van der Waals surface area contributed by atoms with Gasteiger partial charge >= 0.3 is 11.6 Å². The number of nitrogens with one attached hydrogen (secondary N) is 2. The largest absolute Gasteiger partial charge is 0.493 e. The smallest absolute Gasteiger partial charge is 0.328 e. The predicted octanol–water partition coefficient (Wildman–Crippen LogP) is 1.87. The Morgan fingerprint density at radius 3 is 2.74 bits per heavy atom. The summed E-state index contributed by atoms with van der Waals surface area (Å²) in [4.78, 5) is 37.6. The molecule has 2 aromatic rings. The first kappa shape index (κ1) is 16.9. The van der Waals surface area contributed by atoms with Gasteiger partial charge in [-0.25, -0.2) is 4.79 Å². The highest BCUT2D eigenvalue weighted by Gasteiger charge is 2.09. The first-order valence-corrected chi connectivity index (χ1v) is 7.12. The second-order valence-electron chi connectivity index (χ2n) is 4.06. The van der Waals surface area contributed by atoms with E-state index in [1.165, 1.54) is 0 Å². The Morgan fingerprint density at radius 2 is 2.09 bits per heavy atom. The van der Waals surface area contributed by atoms with Crippen molar-refractivity contribution >= 4 is 39.1 Å². The van der Waals surface area contributed by atoms with Gasteiger partial charge in [0.25, 0.3) is 5.56 Å². The van der Waals surface area contributed by atoms with Gasteiger partial charge in [-0.05, 0) is 34.1 Å². The maximum absolute atomic E-state index is 11.6. The third kappa shape index (κ3) is 4.50. The van der Waals surface area contributed by atoms with E-state index in [0.717, 1.165) is 0 Å². The molecule has 1 aromatic carbocycles. The summed E-state index contributed by atoms with van der Waals surface area (Å²) in [7, 11) is 0. The van der Waals surface area contributed by atoms with E-state index in [-0.39, 0.29) is 0 Å². The molecule has 0 radical (unpaired) electrons. The molecule has 0 saturated heterocycles. The molecule has 1 heterocycles. The fourth-order valence-corrected chi connectivity index (χ4v) is 2.22. The SMILES string of the molecule is O=C(COc1ccc(Cl)cc1Br)N=Nc1c(O)[nH]c(=O)[nH]c1=O. The number of benzene rings is 1. The fraction of sp³-hybridized carbons (Fsp3) is 0.0833. The topological polar surface area (TPSA) is 137 Å². The minimum absolute atomic E-state index is 0.364. The van der Waals surface area contributed by atoms with Crippen molar-refractivity contribution in [2.24, 2.45) is 10.2 Å². The van der Waals surface area contributed by atoms with Gasteiger partial charge in [0.15, 0.2) is 6.61 Å². The zero-order valence-corrected chi connectivity index (χ0v) is 13.5. The average Bonchev–Trinajstić information content (AvgIpc) is 2.45. The van der Waals surface area contributed by atoms with Crippen LogP contribution in [0.15, 0.2) is 42.5 Å². The van der Waals surface area contributed by atoms with Crippen molar-refractivity contribution in [3.05, 3.63) is 48.5 Å². The average molecular weight is 404 g/mol. The summed E-state index contributed by atoms with van der Waals surface area (Å²) >= 11 is 8.98. The van der Waals surface area contributed by atoms with Crippen molar-refractivity contribution in [1.82, 2.24) is 9.97 Å². The maximum atomic E-state index is 11.6. The molecule has 120 valence electrons. The minimum Gasteiger partial charge on any atom is -0.493 e. The molecule has 0 fully saturated rings. The number of hydrogen-bond acceptors (Lipinski definition) is 6. The van der Waals surface area contributed by atoms with Crippen molar-refractivity contribution in [2.75, 3.05) is 6.61 Å². The predicted molar refractivity (Wildman–Crippen MR) is 83.5 cm³/mol. The van der Waals surface area contributed by atoms with Gasteiger partial charge < -0.3 is 9.84 Å². The molecular formula is C12H8BrClN4O5. The Hall–Kier alpha value is -2.46. The van der Waals surface area contributed by atoms with Crippen LogP contribution in [0.4, 0.5) is 5.69 Å². The van der Waals surface area contributed by atoms with Crippen LogP contribution < -0.4 is 16.0 Å². The lowest BCUT2D eigenvalue weighted by atomic mass is 10.3. The fourth-order valence-electron chi connectivity index (χ4n) is 1.43. The molecule has 3 N–H and O–H groups in total. The zero-order valence-electron chi connectivity index (χ0n) is 11.2. The lowest BCUT2D eigenvalue weighted by molar-refractivity contribution is -0.120. The van der Waals surface area contributed by atoms with E-state index in [1.807, 2.05) is 9.97 Å². The molecule has 0 aliphatic carbocycles. The monoisotopic (exact) mass is 402 g/mol. The number of carbonyl (C=O) groups is 1. The van der Waals surface area contributed by atoms with Crippen LogP contribution in [0, 0.1) is 0 Å². The van der Waals surface area contributed by atoms with E-state index in [2.05, 4.69) is 26.2 Å². The summed E-state index contributed by atoms with van der Waals surface area (Å²) in [6, 6.07) is 4.71. The number of amides is 1. The van der Waals surface area contributed by atoms with E-state index in [0.29, 0.717) is 15.2 Å². The Bertz CT molecular complexity index is 892. The number of ether oxygens (including phenoxy) is 1. The number of aromatic amines is 2. The molecule has 9 nitrogen and oxygen atoms in total. The van der Waals surface area contributed by atoms with Crippen molar-refractivity contribution < 1.29 is 14.6 Å². The van der Waals surface area contributed by atoms with Crippen LogP contribution in [-0.2, 0) is 4.79 Å². The quantitative estimate of drug-likeness (QED) is 0.669. The van der Waals surface area contributed by atoms with Crippen LogP contribution in [0.1, 0.15) is 0 Å². The molecule has 0 bridgehead atoms. The molecule has 11 heteroatoms. The van der Waals surface area contributed by atoms with Gasteiger partial charge in [-0.1, -0.05) is 11.6 Å². The molecular weight excluding hydrogens is 396 g/mol. The van der Waals surface area contributed by atoms with Crippen LogP contribution in [-0.4, -0.2) is 27.6 Å². The number of aromatic hydroxyl groups is 1. The number of rotatable bonds is 4. The van der Waals surface area contributed by atoms with Gasteiger partial charge in [0.2, 0.25) is 11.6 Å². The van der Waals surface area contributed by atoms with Gasteiger partial charge in [0.05, 0.1) is 4.47 Å². The number of hydrogen-bond donors (Lipinski definition) is 3. The maximum Gasteiger partial charge on any atom is 0.328 e. The third-order valence-corrected chi connectivity index (χ3v) is 3.26. The van der Waals surface area contributed by atoms with Crippen LogP contribution in [0.25, 0.3) is 0 Å². The van der Waals surface area contributed by atoms with E-state index >= 15 is 0 Å². The van der Waals surface area contributed by atoms with E-state index in [4.69, 9.17) is 16.3 Å². The number of carbonyl (C=O) groups excluding carboxylic acids is 1. The zero-order chi connectivity index (χ0) is 17.0.